The third-order valence-corrected chi connectivity index (χ3v) is 3.60. The van der Waals surface area contributed by atoms with E-state index in [1.165, 1.54) is 0 Å². The van der Waals surface area contributed by atoms with Crippen molar-refractivity contribution in [2.24, 2.45) is 0 Å². The lowest BCUT2D eigenvalue weighted by Crippen LogP contribution is -2.16. The van der Waals surface area contributed by atoms with Crippen LogP contribution in [0, 0.1) is 0 Å². The smallest absolute Gasteiger partial charge is 0.0839 e. The van der Waals surface area contributed by atoms with Crippen molar-refractivity contribution in [3.8, 4) is 0 Å². The Morgan fingerprint density at radius 1 is 0.615 bits per heavy atom. The van der Waals surface area contributed by atoms with Gasteiger partial charge in [-0.25, -0.2) is 0 Å². The predicted molar refractivity (Wildman–Crippen MR) is 115 cm³/mol. The van der Waals surface area contributed by atoms with Crippen LogP contribution in [0.25, 0.3) is 0 Å². The van der Waals surface area contributed by atoms with Crippen LogP contribution in [0.5, 0.6) is 0 Å². The summed E-state index contributed by atoms with van der Waals surface area (Å²) in [7, 11) is 0. The van der Waals surface area contributed by atoms with E-state index in [4.69, 9.17) is 9.84 Å². The fourth-order valence-corrected chi connectivity index (χ4v) is 2.20. The van der Waals surface area contributed by atoms with E-state index in [0.29, 0.717) is 6.61 Å². The molecular weight excluding hydrogens is 320 g/mol. The molecule has 0 radical (unpaired) electrons. The second kappa shape index (κ2) is 21.4. The van der Waals surface area contributed by atoms with Crippen molar-refractivity contribution in [1.29, 1.82) is 0 Å². The molecule has 0 aliphatic carbocycles. The zero-order valence-electron chi connectivity index (χ0n) is 16.7. The lowest BCUT2D eigenvalue weighted by molar-refractivity contribution is 0.0223. The molecule has 0 spiro atoms. The lowest BCUT2D eigenvalue weighted by Gasteiger charge is -2.10. The number of allylic oxidation sites excluding steroid dienone is 11. The van der Waals surface area contributed by atoms with E-state index in [0.717, 1.165) is 44.9 Å². The minimum Gasteiger partial charge on any atom is -0.394 e. The maximum atomic E-state index is 9.11. The van der Waals surface area contributed by atoms with Crippen LogP contribution in [0.4, 0.5) is 0 Å². The molecule has 0 aromatic rings. The third kappa shape index (κ3) is 18.7. The molecule has 0 aromatic heterocycles. The molecule has 0 aliphatic heterocycles. The van der Waals surface area contributed by atoms with Gasteiger partial charge in [-0.1, -0.05) is 79.8 Å². The van der Waals surface area contributed by atoms with Gasteiger partial charge in [-0.05, 0) is 51.9 Å². The molecule has 1 unspecified atom stereocenters. The first-order chi connectivity index (χ1) is 12.8. The van der Waals surface area contributed by atoms with Gasteiger partial charge in [-0.15, -0.1) is 0 Å². The molecule has 1 N–H and O–H groups in total. The Morgan fingerprint density at radius 3 is 1.35 bits per heavy atom. The molecule has 0 saturated heterocycles. The van der Waals surface area contributed by atoms with E-state index in [-0.39, 0.29) is 12.7 Å². The first-order valence-electron chi connectivity index (χ1n) is 9.97. The summed E-state index contributed by atoms with van der Waals surface area (Å²) in [5.74, 6) is 0. The van der Waals surface area contributed by atoms with Crippen molar-refractivity contribution in [3.05, 3.63) is 72.9 Å². The molecule has 0 rings (SSSR count). The Bertz CT molecular complexity index is 453. The highest BCUT2D eigenvalue weighted by molar-refractivity contribution is 5.01. The highest BCUT2D eigenvalue weighted by Gasteiger charge is 2.02. The number of rotatable bonds is 16. The van der Waals surface area contributed by atoms with Gasteiger partial charge in [0.1, 0.15) is 0 Å². The Balaban J connectivity index is 3.61. The molecule has 26 heavy (non-hydrogen) atoms. The zero-order chi connectivity index (χ0) is 19.1. The van der Waals surface area contributed by atoms with Gasteiger partial charge >= 0.3 is 0 Å². The lowest BCUT2D eigenvalue weighted by atomic mass is 10.2. The molecule has 0 heterocycles. The topological polar surface area (TPSA) is 29.5 Å². The number of hydrogen-bond donors (Lipinski definition) is 1. The number of aliphatic hydroxyl groups is 1. The highest BCUT2D eigenvalue weighted by atomic mass is 16.5. The van der Waals surface area contributed by atoms with Crippen LogP contribution >= 0.6 is 0 Å². The maximum Gasteiger partial charge on any atom is 0.0839 e. The molecule has 0 fully saturated rings. The fourth-order valence-electron chi connectivity index (χ4n) is 2.20. The molecule has 0 amide bonds. The van der Waals surface area contributed by atoms with Crippen LogP contribution in [0.3, 0.4) is 0 Å². The third-order valence-electron chi connectivity index (χ3n) is 3.60. The van der Waals surface area contributed by atoms with Gasteiger partial charge in [0.25, 0.3) is 0 Å². The van der Waals surface area contributed by atoms with E-state index in [1.807, 2.05) is 6.92 Å². The Morgan fingerprint density at radius 2 is 1.00 bits per heavy atom. The molecule has 0 aromatic carbocycles. The minimum atomic E-state index is -0.0652. The van der Waals surface area contributed by atoms with Crippen molar-refractivity contribution in [2.45, 2.75) is 64.9 Å². The van der Waals surface area contributed by atoms with Crippen LogP contribution in [0.1, 0.15) is 58.8 Å². The zero-order valence-corrected chi connectivity index (χ0v) is 16.7. The van der Waals surface area contributed by atoms with Gasteiger partial charge in [0.05, 0.1) is 12.7 Å². The van der Waals surface area contributed by atoms with Gasteiger partial charge in [-0.2, -0.15) is 0 Å². The molecule has 0 saturated carbocycles. The Hall–Kier alpha value is -1.64. The van der Waals surface area contributed by atoms with Gasteiger partial charge in [-0.3, -0.25) is 0 Å². The van der Waals surface area contributed by atoms with Crippen molar-refractivity contribution >= 4 is 0 Å². The fraction of sp³-hybridized carbons (Fsp3) is 0.500. The average Bonchev–Trinajstić information content (AvgIpc) is 2.66. The second-order valence-corrected chi connectivity index (χ2v) is 5.91. The van der Waals surface area contributed by atoms with Crippen LogP contribution in [-0.4, -0.2) is 24.4 Å². The Kier molecular flexibility index (Phi) is 20.1. The molecule has 0 aliphatic rings. The van der Waals surface area contributed by atoms with Crippen LogP contribution in [-0.2, 0) is 4.74 Å². The SMILES string of the molecule is CC/C=C\C/C=C\C/C=C\C/C=C\C/C=C\C/C=C/CC(CO)OCC. The van der Waals surface area contributed by atoms with E-state index in [1.54, 1.807) is 0 Å². The van der Waals surface area contributed by atoms with Crippen LogP contribution in [0.2, 0.25) is 0 Å². The summed E-state index contributed by atoms with van der Waals surface area (Å²) in [6.07, 6.45) is 33.0. The van der Waals surface area contributed by atoms with Crippen molar-refractivity contribution in [2.75, 3.05) is 13.2 Å². The van der Waals surface area contributed by atoms with Crippen molar-refractivity contribution in [1.82, 2.24) is 0 Å². The van der Waals surface area contributed by atoms with Crippen LogP contribution < -0.4 is 0 Å². The summed E-state index contributed by atoms with van der Waals surface area (Å²) in [5, 5.41) is 9.11. The predicted octanol–water partition coefficient (Wildman–Crippen LogP) is 6.47. The Labute approximate surface area is 161 Å². The number of aliphatic hydroxyl groups excluding tert-OH is 1. The van der Waals surface area contributed by atoms with E-state index in [2.05, 4.69) is 79.8 Å². The monoisotopic (exact) mass is 358 g/mol. The van der Waals surface area contributed by atoms with Crippen molar-refractivity contribution < 1.29 is 9.84 Å². The van der Waals surface area contributed by atoms with E-state index < -0.39 is 0 Å². The van der Waals surface area contributed by atoms with E-state index in [9.17, 15) is 0 Å². The van der Waals surface area contributed by atoms with Gasteiger partial charge in [0, 0.05) is 6.61 Å². The molecule has 2 heteroatoms. The summed E-state index contributed by atoms with van der Waals surface area (Å²) in [4.78, 5) is 0. The largest absolute Gasteiger partial charge is 0.394 e. The molecule has 2 nitrogen and oxygen atoms in total. The highest BCUT2D eigenvalue weighted by Crippen LogP contribution is 2.00. The second-order valence-electron chi connectivity index (χ2n) is 5.91. The summed E-state index contributed by atoms with van der Waals surface area (Å²) in [5.41, 5.74) is 0. The van der Waals surface area contributed by atoms with Gasteiger partial charge < -0.3 is 9.84 Å². The first kappa shape index (κ1) is 24.4. The van der Waals surface area contributed by atoms with Crippen LogP contribution in [0.15, 0.2) is 72.9 Å². The van der Waals surface area contributed by atoms with Gasteiger partial charge in [0.2, 0.25) is 0 Å². The molecular formula is C24H38O2. The summed E-state index contributed by atoms with van der Waals surface area (Å²) >= 11 is 0. The standard InChI is InChI=1S/C24H38O2/c1-3-5-6-7-8-9-10-11-12-13-14-15-16-17-18-19-20-21-22-24(23-25)26-4-2/h5-6,8-9,11-12,14-15,17-18,20-21,24-25H,3-4,7,10,13,16,19,22-23H2,1-2H3/b6-5-,9-8-,12-11-,15-14-,18-17-,21-20+. The quantitative estimate of drug-likeness (QED) is 0.320. The minimum absolute atomic E-state index is 0.0652. The summed E-state index contributed by atoms with van der Waals surface area (Å²) in [6, 6.07) is 0. The summed E-state index contributed by atoms with van der Waals surface area (Å²) in [6.45, 7) is 4.83. The van der Waals surface area contributed by atoms with Crippen molar-refractivity contribution in [3.63, 3.8) is 0 Å². The number of hydrogen-bond acceptors (Lipinski definition) is 2. The molecule has 0 bridgehead atoms. The first-order valence-corrected chi connectivity index (χ1v) is 9.97. The normalized spacial score (nSPS) is 14.4. The van der Waals surface area contributed by atoms with Gasteiger partial charge in [0.15, 0.2) is 0 Å². The average molecular weight is 359 g/mol. The number of ether oxygens (including phenoxy) is 1. The molecule has 146 valence electrons. The summed E-state index contributed by atoms with van der Waals surface area (Å²) < 4.78 is 5.38. The van der Waals surface area contributed by atoms with E-state index >= 15 is 0 Å². The molecule has 1 atom stereocenters. The maximum absolute atomic E-state index is 9.11.